The van der Waals surface area contributed by atoms with Crippen LogP contribution in [-0.2, 0) is 21.2 Å². The van der Waals surface area contributed by atoms with Crippen LogP contribution in [0.4, 0.5) is 4.79 Å². The number of rotatable bonds is 10. The van der Waals surface area contributed by atoms with Crippen molar-refractivity contribution in [2.75, 3.05) is 13.1 Å². The van der Waals surface area contributed by atoms with Crippen molar-refractivity contribution in [3.8, 4) is 0 Å². The summed E-state index contributed by atoms with van der Waals surface area (Å²) in [5.41, 5.74) is -1.73. The van der Waals surface area contributed by atoms with Gasteiger partial charge in [-0.15, -0.1) is 0 Å². The maximum atomic E-state index is 13.3. The molecule has 0 radical (unpaired) electrons. The van der Waals surface area contributed by atoms with Crippen LogP contribution in [-0.4, -0.2) is 53.6 Å². The van der Waals surface area contributed by atoms with Crippen LogP contribution in [0, 0.1) is 5.92 Å². The highest BCUT2D eigenvalue weighted by molar-refractivity contribution is 7.89. The Morgan fingerprint density at radius 2 is 1.58 bits per heavy atom. The van der Waals surface area contributed by atoms with Gasteiger partial charge in [-0.05, 0) is 30.0 Å². The number of carbonyl (C=O) groups excluding carboxylic acids is 1. The van der Waals surface area contributed by atoms with E-state index in [0.29, 0.717) is 12.0 Å². The zero-order chi connectivity index (χ0) is 23.1. The molecule has 0 spiro atoms. The molecule has 0 unspecified atom stereocenters. The molecule has 0 saturated carbocycles. The minimum Gasteiger partial charge on any atom is -0.465 e. The Labute approximate surface area is 182 Å². The van der Waals surface area contributed by atoms with Gasteiger partial charge in [-0.25, -0.2) is 13.2 Å². The summed E-state index contributed by atoms with van der Waals surface area (Å²) in [4.78, 5) is 23.7. The van der Waals surface area contributed by atoms with Gasteiger partial charge in [-0.1, -0.05) is 62.4 Å². The number of sulfonamides is 1. The topological polar surface area (TPSA) is 124 Å². The lowest BCUT2D eigenvalue weighted by Crippen LogP contribution is -2.57. The number of amides is 2. The fourth-order valence-corrected chi connectivity index (χ4v) is 4.60. The van der Waals surface area contributed by atoms with Gasteiger partial charge in [0.15, 0.2) is 5.60 Å². The number of carbonyl (C=O) groups is 2. The van der Waals surface area contributed by atoms with E-state index in [4.69, 9.17) is 5.11 Å². The lowest BCUT2D eigenvalue weighted by Gasteiger charge is -2.33. The second-order valence-electron chi connectivity index (χ2n) is 7.79. The molecule has 2 aromatic carbocycles. The van der Waals surface area contributed by atoms with E-state index in [2.05, 4.69) is 0 Å². The highest BCUT2D eigenvalue weighted by atomic mass is 32.2. The lowest BCUT2D eigenvalue weighted by atomic mass is 9.93. The van der Waals surface area contributed by atoms with Crippen LogP contribution in [0.15, 0.2) is 65.6 Å². The Balaban J connectivity index is 2.45. The monoisotopic (exact) mass is 448 g/mol. The normalized spacial score (nSPS) is 13.7. The molecule has 0 bridgehead atoms. The number of carboxylic acid groups (broad SMARTS) is 1. The Morgan fingerprint density at radius 1 is 1.03 bits per heavy atom. The zero-order valence-electron chi connectivity index (χ0n) is 17.6. The van der Waals surface area contributed by atoms with E-state index in [1.807, 2.05) is 13.8 Å². The molecule has 0 aliphatic rings. The number of nitrogens with one attached hydrogen (secondary N) is 1. The second kappa shape index (κ2) is 10.5. The average molecular weight is 449 g/mol. The zero-order valence-corrected chi connectivity index (χ0v) is 18.4. The first-order chi connectivity index (χ1) is 14.5. The number of nitrogens with zero attached hydrogens (tertiary/aromatic N) is 1. The van der Waals surface area contributed by atoms with Gasteiger partial charge in [-0.2, -0.15) is 4.31 Å². The summed E-state index contributed by atoms with van der Waals surface area (Å²) in [6.45, 7) is 3.33. The van der Waals surface area contributed by atoms with E-state index in [1.165, 1.54) is 12.1 Å². The van der Waals surface area contributed by atoms with Gasteiger partial charge in [0.05, 0.1) is 11.4 Å². The molecule has 1 atom stereocenters. The Hall–Kier alpha value is -2.75. The van der Waals surface area contributed by atoms with E-state index >= 15 is 0 Å². The summed E-state index contributed by atoms with van der Waals surface area (Å²) in [6.07, 6.45) is -1.39. The van der Waals surface area contributed by atoms with Crippen molar-refractivity contribution in [3.63, 3.8) is 0 Å². The van der Waals surface area contributed by atoms with E-state index in [0.717, 1.165) is 4.31 Å². The van der Waals surface area contributed by atoms with Crippen LogP contribution in [0.5, 0.6) is 0 Å². The summed E-state index contributed by atoms with van der Waals surface area (Å²) >= 11 is 0. The highest BCUT2D eigenvalue weighted by Gasteiger charge is 2.42. The molecular formula is C22H28N2O6S. The Bertz CT molecular complexity index is 980. The van der Waals surface area contributed by atoms with Crippen molar-refractivity contribution in [1.29, 1.82) is 0 Å². The van der Waals surface area contributed by atoms with Crippen molar-refractivity contribution in [2.24, 2.45) is 5.92 Å². The third kappa shape index (κ3) is 6.88. The van der Waals surface area contributed by atoms with Crippen LogP contribution in [0.3, 0.4) is 0 Å². The first-order valence-electron chi connectivity index (χ1n) is 9.90. The van der Waals surface area contributed by atoms with E-state index in [9.17, 15) is 23.1 Å². The molecule has 0 aliphatic heterocycles. The smallest absolute Gasteiger partial charge is 0.411 e. The van der Waals surface area contributed by atoms with Gasteiger partial charge in [0, 0.05) is 13.0 Å². The van der Waals surface area contributed by atoms with E-state index in [1.54, 1.807) is 53.8 Å². The van der Waals surface area contributed by atoms with Crippen LogP contribution < -0.4 is 5.32 Å². The Morgan fingerprint density at radius 3 is 2.10 bits per heavy atom. The summed E-state index contributed by atoms with van der Waals surface area (Å²) in [6, 6.07) is 16.2. The fourth-order valence-electron chi connectivity index (χ4n) is 3.07. The SMILES string of the molecule is CC(C)CCN(C[C@](O)(Cc1ccccc1)C(=O)NC(=O)O)S(=O)(=O)c1ccccc1. The van der Waals surface area contributed by atoms with Crippen molar-refractivity contribution >= 4 is 22.0 Å². The lowest BCUT2D eigenvalue weighted by molar-refractivity contribution is -0.139. The first kappa shape index (κ1) is 24.5. The summed E-state index contributed by atoms with van der Waals surface area (Å²) in [7, 11) is -4.04. The molecular weight excluding hydrogens is 420 g/mol. The van der Waals surface area contributed by atoms with Gasteiger partial charge >= 0.3 is 6.09 Å². The predicted molar refractivity (Wildman–Crippen MR) is 116 cm³/mol. The van der Waals surface area contributed by atoms with Gasteiger partial charge in [-0.3, -0.25) is 10.1 Å². The maximum Gasteiger partial charge on any atom is 0.411 e. The molecule has 3 N–H and O–H groups in total. The molecule has 0 fully saturated rings. The number of hydrogen-bond donors (Lipinski definition) is 3. The quantitative estimate of drug-likeness (QED) is 0.513. The largest absolute Gasteiger partial charge is 0.465 e. The Kier molecular flexibility index (Phi) is 8.32. The third-order valence-electron chi connectivity index (χ3n) is 4.76. The number of benzene rings is 2. The maximum absolute atomic E-state index is 13.3. The molecule has 2 aromatic rings. The molecule has 0 aromatic heterocycles. The number of hydrogen-bond acceptors (Lipinski definition) is 5. The van der Waals surface area contributed by atoms with Crippen LogP contribution in [0.1, 0.15) is 25.8 Å². The van der Waals surface area contributed by atoms with E-state index in [-0.39, 0.29) is 23.8 Å². The van der Waals surface area contributed by atoms with Crippen LogP contribution >= 0.6 is 0 Å². The third-order valence-corrected chi connectivity index (χ3v) is 6.62. The average Bonchev–Trinajstić information content (AvgIpc) is 2.71. The molecule has 8 nitrogen and oxygen atoms in total. The molecule has 9 heteroatoms. The number of imide groups is 1. The van der Waals surface area contributed by atoms with Crippen molar-refractivity contribution < 1.29 is 28.2 Å². The van der Waals surface area contributed by atoms with E-state index < -0.39 is 34.2 Å². The fraction of sp³-hybridized carbons (Fsp3) is 0.364. The van der Waals surface area contributed by atoms with Crippen LogP contribution in [0.25, 0.3) is 0 Å². The second-order valence-corrected chi connectivity index (χ2v) is 9.73. The summed E-state index contributed by atoms with van der Waals surface area (Å²) in [5.74, 6) is -1.01. The van der Waals surface area contributed by atoms with Gasteiger partial charge in [0.25, 0.3) is 5.91 Å². The molecule has 31 heavy (non-hydrogen) atoms. The summed E-state index contributed by atoms with van der Waals surface area (Å²) in [5, 5.41) is 21.9. The van der Waals surface area contributed by atoms with Gasteiger partial charge < -0.3 is 10.2 Å². The van der Waals surface area contributed by atoms with Gasteiger partial charge in [0.2, 0.25) is 10.0 Å². The molecule has 168 valence electrons. The molecule has 0 aliphatic carbocycles. The van der Waals surface area contributed by atoms with Gasteiger partial charge in [0.1, 0.15) is 0 Å². The molecule has 0 heterocycles. The molecule has 0 saturated heterocycles. The van der Waals surface area contributed by atoms with Crippen molar-refractivity contribution in [3.05, 3.63) is 66.2 Å². The number of aliphatic hydroxyl groups is 1. The predicted octanol–water partition coefficient (Wildman–Crippen LogP) is 2.49. The van der Waals surface area contributed by atoms with Crippen molar-refractivity contribution in [1.82, 2.24) is 9.62 Å². The minimum atomic E-state index is -4.04. The van der Waals surface area contributed by atoms with Crippen LogP contribution in [0.2, 0.25) is 0 Å². The minimum absolute atomic E-state index is 0.0273. The summed E-state index contributed by atoms with van der Waals surface area (Å²) < 4.78 is 27.6. The molecule has 2 amide bonds. The molecule has 2 rings (SSSR count). The standard InChI is InChI=1S/C22H28N2O6S/c1-17(2)13-14-24(31(29,30)19-11-7-4-8-12-19)16-22(28,20(25)23-21(26)27)15-18-9-5-3-6-10-18/h3-12,17,28H,13-16H2,1-2H3,(H,23,25)(H,26,27)/t22-/m1/s1. The van der Waals surface area contributed by atoms with Crippen molar-refractivity contribution in [2.45, 2.75) is 37.2 Å². The first-order valence-corrected chi connectivity index (χ1v) is 11.3. The highest BCUT2D eigenvalue weighted by Crippen LogP contribution is 2.23.